The maximum absolute atomic E-state index is 12.7. The van der Waals surface area contributed by atoms with Gasteiger partial charge in [0.2, 0.25) is 5.91 Å². The zero-order valence-electron chi connectivity index (χ0n) is 16.9. The number of piperidine rings is 1. The average molecular weight is 380 g/mol. The molecule has 0 aliphatic carbocycles. The third-order valence-electron chi connectivity index (χ3n) is 5.75. The van der Waals surface area contributed by atoms with Crippen LogP contribution in [0.2, 0.25) is 0 Å². The highest BCUT2D eigenvalue weighted by molar-refractivity contribution is 5.92. The number of rotatable bonds is 4. The van der Waals surface area contributed by atoms with Gasteiger partial charge in [0.25, 0.3) is 0 Å². The topological polar surface area (TPSA) is 61.4 Å². The summed E-state index contributed by atoms with van der Waals surface area (Å²) in [5.41, 5.74) is 4.03. The molecule has 0 spiro atoms. The molecule has 28 heavy (non-hydrogen) atoms. The Morgan fingerprint density at radius 3 is 2.25 bits per heavy atom. The van der Waals surface area contributed by atoms with Crippen LogP contribution in [-0.4, -0.2) is 29.9 Å². The Hall–Kier alpha value is -2.82. The summed E-state index contributed by atoms with van der Waals surface area (Å²) in [6.07, 6.45) is 1.67. The number of urea groups is 1. The molecular weight excluding hydrogens is 350 g/mol. The van der Waals surface area contributed by atoms with Gasteiger partial charge in [-0.3, -0.25) is 4.79 Å². The summed E-state index contributed by atoms with van der Waals surface area (Å²) in [4.78, 5) is 26.9. The number of benzene rings is 2. The van der Waals surface area contributed by atoms with Crippen molar-refractivity contribution in [3.8, 4) is 0 Å². The van der Waals surface area contributed by atoms with Gasteiger partial charge in [-0.25, -0.2) is 4.79 Å². The Kier molecular flexibility index (Phi) is 6.34. The highest BCUT2D eigenvalue weighted by Crippen LogP contribution is 2.27. The van der Waals surface area contributed by atoms with Crippen LogP contribution in [0.4, 0.5) is 16.2 Å². The minimum atomic E-state index is -0.0825. The molecule has 0 unspecified atom stereocenters. The first kappa shape index (κ1) is 19.9. The van der Waals surface area contributed by atoms with Gasteiger partial charge < -0.3 is 15.5 Å². The van der Waals surface area contributed by atoms with Gasteiger partial charge in [0.05, 0.1) is 0 Å². The third kappa shape index (κ3) is 4.91. The van der Waals surface area contributed by atoms with E-state index in [0.29, 0.717) is 13.1 Å². The predicted molar refractivity (Wildman–Crippen MR) is 113 cm³/mol. The molecule has 1 atom stereocenters. The quantitative estimate of drug-likeness (QED) is 0.800. The summed E-state index contributed by atoms with van der Waals surface area (Å²) in [5, 5.41) is 5.97. The molecule has 0 aromatic heterocycles. The lowest BCUT2D eigenvalue weighted by molar-refractivity contribution is -0.121. The molecule has 1 aliphatic rings. The fourth-order valence-electron chi connectivity index (χ4n) is 3.62. The maximum atomic E-state index is 12.7. The number of carbonyl (C=O) groups is 2. The smallest absolute Gasteiger partial charge is 0.321 e. The Bertz CT molecular complexity index is 827. The number of likely N-dealkylation sites (tertiary alicyclic amines) is 1. The molecule has 2 aromatic rings. The van der Waals surface area contributed by atoms with E-state index >= 15 is 0 Å². The Balaban J connectivity index is 1.50. The molecule has 0 saturated carbocycles. The fourth-order valence-corrected chi connectivity index (χ4v) is 3.62. The zero-order chi connectivity index (χ0) is 20.1. The van der Waals surface area contributed by atoms with E-state index in [1.807, 2.05) is 67.3 Å². The molecular formula is C23H29N3O2. The monoisotopic (exact) mass is 379 g/mol. The van der Waals surface area contributed by atoms with Crippen LogP contribution in [0.25, 0.3) is 0 Å². The standard InChI is InChI=1S/C23H29N3O2/c1-16-9-10-21(15-17(16)2)24-22(27)18(3)19-11-13-26(14-12-19)23(28)25-20-7-5-4-6-8-20/h4-10,15,18-19H,11-14H2,1-3H3,(H,24,27)(H,25,28)/t18-/m0/s1. The lowest BCUT2D eigenvalue weighted by atomic mass is 9.85. The van der Waals surface area contributed by atoms with E-state index in [9.17, 15) is 9.59 Å². The van der Waals surface area contributed by atoms with Gasteiger partial charge in [-0.15, -0.1) is 0 Å². The molecule has 0 bridgehead atoms. The van der Waals surface area contributed by atoms with Crippen molar-refractivity contribution in [2.45, 2.75) is 33.6 Å². The van der Waals surface area contributed by atoms with Crippen LogP contribution < -0.4 is 10.6 Å². The Morgan fingerprint density at radius 1 is 0.929 bits per heavy atom. The van der Waals surface area contributed by atoms with Crippen LogP contribution >= 0.6 is 0 Å². The van der Waals surface area contributed by atoms with Crippen LogP contribution in [0.1, 0.15) is 30.9 Å². The molecule has 3 amide bonds. The summed E-state index contributed by atoms with van der Waals surface area (Å²) in [6, 6.07) is 15.4. The summed E-state index contributed by atoms with van der Waals surface area (Å²) < 4.78 is 0. The van der Waals surface area contributed by atoms with E-state index in [1.54, 1.807) is 0 Å². The first-order chi connectivity index (χ1) is 13.4. The molecule has 2 N–H and O–H groups in total. The van der Waals surface area contributed by atoms with Gasteiger partial charge in [0.15, 0.2) is 0 Å². The molecule has 148 valence electrons. The van der Waals surface area contributed by atoms with Crippen molar-refractivity contribution in [3.05, 3.63) is 59.7 Å². The minimum Gasteiger partial charge on any atom is -0.326 e. The molecule has 2 aromatic carbocycles. The van der Waals surface area contributed by atoms with Gasteiger partial charge in [-0.1, -0.05) is 31.2 Å². The van der Waals surface area contributed by atoms with Crippen molar-refractivity contribution in [2.24, 2.45) is 11.8 Å². The largest absolute Gasteiger partial charge is 0.326 e. The number of carbonyl (C=O) groups excluding carboxylic acids is 2. The summed E-state index contributed by atoms with van der Waals surface area (Å²) >= 11 is 0. The number of aryl methyl sites for hydroxylation is 2. The molecule has 1 heterocycles. The summed E-state index contributed by atoms with van der Waals surface area (Å²) in [6.45, 7) is 7.44. The number of amides is 3. The molecule has 0 radical (unpaired) electrons. The number of hydrogen-bond donors (Lipinski definition) is 2. The van der Waals surface area contributed by atoms with Crippen LogP contribution in [0.15, 0.2) is 48.5 Å². The number of para-hydroxylation sites is 1. The van der Waals surface area contributed by atoms with E-state index in [0.717, 1.165) is 24.2 Å². The molecule has 1 fully saturated rings. The lowest BCUT2D eigenvalue weighted by Gasteiger charge is -2.34. The van der Waals surface area contributed by atoms with Gasteiger partial charge in [0.1, 0.15) is 0 Å². The van der Waals surface area contributed by atoms with E-state index in [1.165, 1.54) is 11.1 Å². The molecule has 1 aliphatic heterocycles. The van der Waals surface area contributed by atoms with Crippen molar-refractivity contribution in [3.63, 3.8) is 0 Å². The van der Waals surface area contributed by atoms with Crippen molar-refractivity contribution >= 4 is 23.3 Å². The van der Waals surface area contributed by atoms with Crippen LogP contribution in [0.5, 0.6) is 0 Å². The van der Waals surface area contributed by atoms with Gasteiger partial charge in [0, 0.05) is 30.4 Å². The number of nitrogens with one attached hydrogen (secondary N) is 2. The maximum Gasteiger partial charge on any atom is 0.321 e. The molecule has 5 heteroatoms. The van der Waals surface area contributed by atoms with Crippen molar-refractivity contribution in [2.75, 3.05) is 23.7 Å². The molecule has 3 rings (SSSR count). The fraction of sp³-hybridized carbons (Fsp3) is 0.391. The van der Waals surface area contributed by atoms with Gasteiger partial charge >= 0.3 is 6.03 Å². The van der Waals surface area contributed by atoms with Crippen LogP contribution in [0, 0.1) is 25.7 Å². The first-order valence-corrected chi connectivity index (χ1v) is 9.93. The lowest BCUT2D eigenvalue weighted by Crippen LogP contribution is -2.43. The average Bonchev–Trinajstić information content (AvgIpc) is 2.71. The van der Waals surface area contributed by atoms with Crippen molar-refractivity contribution in [1.82, 2.24) is 4.90 Å². The predicted octanol–water partition coefficient (Wildman–Crippen LogP) is 4.82. The second-order valence-corrected chi connectivity index (χ2v) is 7.70. The highest BCUT2D eigenvalue weighted by Gasteiger charge is 2.30. The van der Waals surface area contributed by atoms with E-state index in [-0.39, 0.29) is 23.8 Å². The zero-order valence-corrected chi connectivity index (χ0v) is 16.9. The van der Waals surface area contributed by atoms with Gasteiger partial charge in [-0.2, -0.15) is 0 Å². The first-order valence-electron chi connectivity index (χ1n) is 9.93. The Morgan fingerprint density at radius 2 is 1.61 bits per heavy atom. The number of anilines is 2. The molecule has 1 saturated heterocycles. The SMILES string of the molecule is Cc1ccc(NC(=O)[C@@H](C)C2CCN(C(=O)Nc3ccccc3)CC2)cc1C. The highest BCUT2D eigenvalue weighted by atomic mass is 16.2. The normalized spacial score (nSPS) is 15.8. The second kappa shape index (κ2) is 8.91. The number of hydrogen-bond acceptors (Lipinski definition) is 2. The van der Waals surface area contributed by atoms with Crippen LogP contribution in [0.3, 0.4) is 0 Å². The third-order valence-corrected chi connectivity index (χ3v) is 5.75. The number of nitrogens with zero attached hydrogens (tertiary/aromatic N) is 1. The van der Waals surface area contributed by atoms with E-state index in [2.05, 4.69) is 17.6 Å². The van der Waals surface area contributed by atoms with E-state index < -0.39 is 0 Å². The second-order valence-electron chi connectivity index (χ2n) is 7.70. The van der Waals surface area contributed by atoms with Crippen LogP contribution in [-0.2, 0) is 4.79 Å². The minimum absolute atomic E-state index is 0.0513. The van der Waals surface area contributed by atoms with Gasteiger partial charge in [-0.05, 0) is 68.0 Å². The van der Waals surface area contributed by atoms with Crippen molar-refractivity contribution in [1.29, 1.82) is 0 Å². The van der Waals surface area contributed by atoms with Crippen molar-refractivity contribution < 1.29 is 9.59 Å². The Labute approximate surface area is 167 Å². The molecule has 5 nitrogen and oxygen atoms in total. The summed E-state index contributed by atoms with van der Waals surface area (Å²) in [7, 11) is 0. The summed E-state index contributed by atoms with van der Waals surface area (Å²) in [5.74, 6) is 0.253. The van der Waals surface area contributed by atoms with E-state index in [4.69, 9.17) is 0 Å².